The fourth-order valence-electron chi connectivity index (χ4n) is 3.97. The minimum atomic E-state index is -0.398. The number of hydrogen-bond donors (Lipinski definition) is 0. The molecule has 37 heavy (non-hydrogen) atoms. The van der Waals surface area contributed by atoms with Crippen molar-refractivity contribution in [1.82, 2.24) is 19.5 Å². The van der Waals surface area contributed by atoms with Gasteiger partial charge in [0.25, 0.3) is 5.56 Å². The second-order valence-corrected chi connectivity index (χ2v) is 10.4. The van der Waals surface area contributed by atoms with Crippen LogP contribution in [0.4, 0.5) is 0 Å². The Kier molecular flexibility index (Phi) is 7.37. The van der Waals surface area contributed by atoms with Gasteiger partial charge in [-0.3, -0.25) is 9.36 Å². The number of hydrogen-bond acceptors (Lipinski definition) is 6. The molecule has 0 aliphatic rings. The predicted octanol–water partition coefficient (Wildman–Crippen LogP) is 6.15. The van der Waals surface area contributed by atoms with Crippen LogP contribution in [0.1, 0.15) is 49.1 Å². The molecular weight excluding hydrogens is 488 g/mol. The lowest BCUT2D eigenvalue weighted by atomic mass is 9.95. The van der Waals surface area contributed by atoms with Gasteiger partial charge in [-0.15, -0.1) is 0 Å². The Morgan fingerprint density at radius 1 is 1.00 bits per heavy atom. The summed E-state index contributed by atoms with van der Waals surface area (Å²) in [6.07, 6.45) is 1.84. The maximum atomic E-state index is 13.4. The molecule has 2 aromatic carbocycles. The maximum absolute atomic E-state index is 13.4. The van der Waals surface area contributed by atoms with Crippen molar-refractivity contribution in [3.63, 3.8) is 0 Å². The summed E-state index contributed by atoms with van der Waals surface area (Å²) in [5.74, 6) is 2.03. The lowest BCUT2D eigenvalue weighted by molar-refractivity contribution is 0.291. The molecule has 0 bridgehead atoms. The van der Waals surface area contributed by atoms with Gasteiger partial charge in [0.15, 0.2) is 5.02 Å². The normalized spacial score (nSPS) is 11.5. The molecule has 4 rings (SSSR count). The summed E-state index contributed by atoms with van der Waals surface area (Å²) >= 11 is 6.48. The number of aromatic nitrogens is 4. The number of ether oxygens (including phenoxy) is 2. The summed E-state index contributed by atoms with van der Waals surface area (Å²) < 4.78 is 12.6. The Morgan fingerprint density at radius 3 is 2.46 bits per heavy atom. The lowest BCUT2D eigenvalue weighted by Crippen LogP contribution is -2.24. The number of aryl methyl sites for hydroxylation is 3. The van der Waals surface area contributed by atoms with E-state index in [1.165, 1.54) is 4.57 Å². The van der Waals surface area contributed by atoms with Crippen LogP contribution in [-0.4, -0.2) is 26.6 Å². The van der Waals surface area contributed by atoms with E-state index in [0.29, 0.717) is 11.5 Å². The molecule has 7 nitrogen and oxygen atoms in total. The molecule has 0 spiro atoms. The van der Waals surface area contributed by atoms with Crippen molar-refractivity contribution in [3.05, 3.63) is 92.4 Å². The van der Waals surface area contributed by atoms with Crippen LogP contribution in [-0.2, 0) is 12.0 Å². The Bertz CT molecular complexity index is 1520. The molecule has 0 aliphatic carbocycles. The van der Waals surface area contributed by atoms with Gasteiger partial charge in [0.1, 0.15) is 24.0 Å². The molecule has 0 N–H and O–H groups in total. The molecule has 0 atom stereocenters. The number of nitrogens with zero attached hydrogens (tertiary/aromatic N) is 4. The molecule has 4 aromatic rings. The first-order chi connectivity index (χ1) is 17.5. The Balaban J connectivity index is 1.73. The molecule has 192 valence electrons. The average molecular weight is 519 g/mol. The van der Waals surface area contributed by atoms with Gasteiger partial charge in [-0.05, 0) is 55.7 Å². The van der Waals surface area contributed by atoms with Crippen LogP contribution in [0.2, 0.25) is 5.02 Å². The Morgan fingerprint density at radius 2 is 1.76 bits per heavy atom. The molecular formula is C29H31ClN4O3. The van der Waals surface area contributed by atoms with Crippen molar-refractivity contribution >= 4 is 11.6 Å². The fraction of sp³-hybridized carbons (Fsp3) is 0.310. The van der Waals surface area contributed by atoms with Crippen LogP contribution in [0.15, 0.2) is 53.5 Å². The second kappa shape index (κ2) is 10.3. The van der Waals surface area contributed by atoms with Crippen LogP contribution >= 0.6 is 11.6 Å². The SMILES string of the molecule is COc1cccc(COc2nc(C)n(-c3cc(-c4nc(C(C)(C)C)ncc4C)ccc3C)c(=O)c2Cl)c1. The van der Waals surface area contributed by atoms with Gasteiger partial charge in [-0.1, -0.05) is 56.6 Å². The minimum Gasteiger partial charge on any atom is -0.497 e. The highest BCUT2D eigenvalue weighted by molar-refractivity contribution is 6.31. The summed E-state index contributed by atoms with van der Waals surface area (Å²) in [6.45, 7) is 12.1. The van der Waals surface area contributed by atoms with Gasteiger partial charge in [-0.2, -0.15) is 4.98 Å². The Hall–Kier alpha value is -3.71. The average Bonchev–Trinajstić information content (AvgIpc) is 2.86. The van der Waals surface area contributed by atoms with Crippen molar-refractivity contribution in [1.29, 1.82) is 0 Å². The molecule has 0 unspecified atom stereocenters. The zero-order valence-electron chi connectivity index (χ0n) is 22.2. The summed E-state index contributed by atoms with van der Waals surface area (Å²) in [5, 5.41) is -0.0773. The van der Waals surface area contributed by atoms with E-state index in [1.54, 1.807) is 14.0 Å². The first-order valence-corrected chi connectivity index (χ1v) is 12.4. The molecule has 8 heteroatoms. The number of benzene rings is 2. The van der Waals surface area contributed by atoms with E-state index >= 15 is 0 Å². The van der Waals surface area contributed by atoms with Crippen molar-refractivity contribution in [2.45, 2.75) is 53.6 Å². The third-order valence-corrected chi connectivity index (χ3v) is 6.36. The van der Waals surface area contributed by atoms with Crippen LogP contribution in [0.3, 0.4) is 0 Å². The largest absolute Gasteiger partial charge is 0.497 e. The summed E-state index contributed by atoms with van der Waals surface area (Å²) in [6, 6.07) is 13.4. The molecule has 0 saturated carbocycles. The highest BCUT2D eigenvalue weighted by Gasteiger charge is 2.21. The highest BCUT2D eigenvalue weighted by Crippen LogP contribution is 2.29. The monoisotopic (exact) mass is 518 g/mol. The van der Waals surface area contributed by atoms with E-state index in [1.807, 2.05) is 62.5 Å². The number of halogens is 1. The molecule has 0 saturated heterocycles. The smallest absolute Gasteiger partial charge is 0.280 e. The van der Waals surface area contributed by atoms with Gasteiger partial charge in [0.2, 0.25) is 5.88 Å². The van der Waals surface area contributed by atoms with Gasteiger partial charge >= 0.3 is 0 Å². The standard InChI is InChI=1S/C29H31ClN4O3/c1-17-11-12-21(25-18(2)15-31-28(33-25)29(4,5)6)14-23(17)34-19(3)32-26(24(30)27(34)35)37-16-20-9-8-10-22(13-20)36-7/h8-15H,16H2,1-7H3. The van der Waals surface area contributed by atoms with Gasteiger partial charge in [0.05, 0.1) is 18.5 Å². The first-order valence-electron chi connectivity index (χ1n) is 12.0. The third kappa shape index (κ3) is 5.52. The number of rotatable bonds is 6. The number of methoxy groups -OCH3 is 1. The molecule has 0 amide bonds. The van der Waals surface area contributed by atoms with Gasteiger partial charge in [0, 0.05) is 17.2 Å². The zero-order valence-corrected chi connectivity index (χ0v) is 23.0. The van der Waals surface area contributed by atoms with E-state index < -0.39 is 5.56 Å². The van der Waals surface area contributed by atoms with E-state index in [-0.39, 0.29) is 22.9 Å². The van der Waals surface area contributed by atoms with Gasteiger partial charge in [-0.25, -0.2) is 9.97 Å². The molecule has 2 heterocycles. The zero-order chi connectivity index (χ0) is 26.9. The van der Waals surface area contributed by atoms with Crippen molar-refractivity contribution in [2.24, 2.45) is 0 Å². The second-order valence-electron chi connectivity index (χ2n) is 10.0. The quantitative estimate of drug-likeness (QED) is 0.304. The fourth-order valence-corrected chi connectivity index (χ4v) is 4.15. The van der Waals surface area contributed by atoms with E-state index in [9.17, 15) is 4.79 Å². The highest BCUT2D eigenvalue weighted by atomic mass is 35.5. The summed E-state index contributed by atoms with van der Waals surface area (Å²) in [4.78, 5) is 27.3. The summed E-state index contributed by atoms with van der Waals surface area (Å²) in [5.41, 5.74) is 4.52. The van der Waals surface area contributed by atoms with Crippen molar-refractivity contribution in [2.75, 3.05) is 7.11 Å². The van der Waals surface area contributed by atoms with E-state index in [4.69, 9.17) is 26.1 Å². The molecule has 0 fully saturated rings. The van der Waals surface area contributed by atoms with E-state index in [0.717, 1.165) is 39.5 Å². The van der Waals surface area contributed by atoms with Crippen molar-refractivity contribution in [3.8, 4) is 28.6 Å². The van der Waals surface area contributed by atoms with Crippen LogP contribution in [0, 0.1) is 20.8 Å². The third-order valence-electron chi connectivity index (χ3n) is 6.04. The minimum absolute atomic E-state index is 0.0773. The molecule has 2 aromatic heterocycles. The molecule has 0 aliphatic heterocycles. The maximum Gasteiger partial charge on any atom is 0.280 e. The Labute approximate surface area is 222 Å². The molecule has 0 radical (unpaired) electrons. The first kappa shape index (κ1) is 26.4. The van der Waals surface area contributed by atoms with Crippen molar-refractivity contribution < 1.29 is 9.47 Å². The van der Waals surface area contributed by atoms with Crippen LogP contribution in [0.5, 0.6) is 11.6 Å². The predicted molar refractivity (Wildman–Crippen MR) is 146 cm³/mol. The van der Waals surface area contributed by atoms with E-state index in [2.05, 4.69) is 30.7 Å². The van der Waals surface area contributed by atoms with Crippen LogP contribution < -0.4 is 15.0 Å². The lowest BCUT2D eigenvalue weighted by Gasteiger charge is -2.19. The van der Waals surface area contributed by atoms with Crippen LogP contribution in [0.25, 0.3) is 16.9 Å². The summed E-state index contributed by atoms with van der Waals surface area (Å²) in [7, 11) is 1.61. The van der Waals surface area contributed by atoms with Gasteiger partial charge < -0.3 is 9.47 Å². The topological polar surface area (TPSA) is 79.1 Å².